The highest BCUT2D eigenvalue weighted by atomic mass is 16.6. The van der Waals surface area contributed by atoms with E-state index >= 15 is 0 Å². The fourth-order valence-electron chi connectivity index (χ4n) is 1.91. The number of carboxylic acids is 1. The lowest BCUT2D eigenvalue weighted by atomic mass is 10.1. The summed E-state index contributed by atoms with van der Waals surface area (Å²) in [7, 11) is 0. The summed E-state index contributed by atoms with van der Waals surface area (Å²) in [5.74, 6) is -0.715. The van der Waals surface area contributed by atoms with Gasteiger partial charge in [0.15, 0.2) is 0 Å². The van der Waals surface area contributed by atoms with Crippen molar-refractivity contribution in [2.24, 2.45) is 0 Å². The maximum Gasteiger partial charge on any atom is 0.335 e. The predicted molar refractivity (Wildman–Crippen MR) is 76.0 cm³/mol. The average molecular weight is 287 g/mol. The third kappa shape index (κ3) is 3.00. The number of aryl methyl sites for hydroxylation is 2. The summed E-state index contributed by atoms with van der Waals surface area (Å²) >= 11 is 0. The molecular formula is C15H13NO5. The van der Waals surface area contributed by atoms with E-state index in [1.807, 2.05) is 0 Å². The van der Waals surface area contributed by atoms with Gasteiger partial charge in [-0.25, -0.2) is 4.79 Å². The molecule has 0 unspecified atom stereocenters. The summed E-state index contributed by atoms with van der Waals surface area (Å²) in [6, 6.07) is 9.15. The summed E-state index contributed by atoms with van der Waals surface area (Å²) < 4.78 is 5.57. The van der Waals surface area contributed by atoms with Crippen LogP contribution in [0, 0.1) is 24.0 Å². The summed E-state index contributed by atoms with van der Waals surface area (Å²) in [5.41, 5.74) is 1.10. The monoisotopic (exact) mass is 287 g/mol. The normalized spacial score (nSPS) is 10.2. The van der Waals surface area contributed by atoms with Crippen molar-refractivity contribution in [1.29, 1.82) is 0 Å². The molecule has 0 aliphatic heterocycles. The Hall–Kier alpha value is -2.89. The summed E-state index contributed by atoms with van der Waals surface area (Å²) in [4.78, 5) is 21.6. The highest BCUT2D eigenvalue weighted by Crippen LogP contribution is 2.35. The van der Waals surface area contributed by atoms with Gasteiger partial charge in [0.1, 0.15) is 5.75 Å². The lowest BCUT2D eigenvalue weighted by Crippen LogP contribution is -2.00. The van der Waals surface area contributed by atoms with Crippen molar-refractivity contribution in [2.75, 3.05) is 0 Å². The first-order chi connectivity index (χ1) is 9.90. The molecule has 2 aromatic rings. The van der Waals surface area contributed by atoms with Crippen LogP contribution in [0.2, 0.25) is 0 Å². The number of benzene rings is 2. The summed E-state index contributed by atoms with van der Waals surface area (Å²) in [6.45, 7) is 3.36. The van der Waals surface area contributed by atoms with Crippen LogP contribution in [-0.2, 0) is 0 Å². The largest absolute Gasteiger partial charge is 0.478 e. The van der Waals surface area contributed by atoms with Gasteiger partial charge in [0.05, 0.1) is 10.5 Å². The summed E-state index contributed by atoms with van der Waals surface area (Å²) in [6.07, 6.45) is 0. The fourth-order valence-corrected chi connectivity index (χ4v) is 1.91. The quantitative estimate of drug-likeness (QED) is 0.684. The topological polar surface area (TPSA) is 89.7 Å². The molecule has 1 N–H and O–H groups in total. The van der Waals surface area contributed by atoms with Gasteiger partial charge in [-0.3, -0.25) is 10.1 Å². The number of nitrogens with zero attached hydrogens (tertiary/aromatic N) is 1. The number of hydrogen-bond acceptors (Lipinski definition) is 4. The van der Waals surface area contributed by atoms with Crippen molar-refractivity contribution >= 4 is 11.7 Å². The van der Waals surface area contributed by atoms with Crippen molar-refractivity contribution in [1.82, 2.24) is 0 Å². The molecule has 0 spiro atoms. The number of ether oxygens (including phenoxy) is 1. The molecule has 0 aromatic heterocycles. The second kappa shape index (κ2) is 5.62. The van der Waals surface area contributed by atoms with Gasteiger partial charge >= 0.3 is 11.7 Å². The van der Waals surface area contributed by atoms with Crippen molar-refractivity contribution in [2.45, 2.75) is 13.8 Å². The Morgan fingerprint density at radius 1 is 1.14 bits per heavy atom. The molecule has 6 heteroatoms. The number of carboxylic acid groups (broad SMARTS) is 1. The van der Waals surface area contributed by atoms with Crippen LogP contribution in [0.4, 0.5) is 5.69 Å². The van der Waals surface area contributed by atoms with Crippen molar-refractivity contribution in [3.8, 4) is 11.5 Å². The molecule has 6 nitrogen and oxygen atoms in total. The van der Waals surface area contributed by atoms with Crippen molar-refractivity contribution in [3.05, 3.63) is 63.2 Å². The van der Waals surface area contributed by atoms with Gasteiger partial charge in [-0.1, -0.05) is 18.2 Å². The van der Waals surface area contributed by atoms with Crippen LogP contribution in [0.3, 0.4) is 0 Å². The van der Waals surface area contributed by atoms with E-state index in [0.717, 1.165) is 0 Å². The molecule has 0 aliphatic rings. The minimum atomic E-state index is -1.08. The summed E-state index contributed by atoms with van der Waals surface area (Å²) in [5, 5.41) is 20.1. The maximum absolute atomic E-state index is 11.1. The highest BCUT2D eigenvalue weighted by molar-refractivity contribution is 5.88. The zero-order valence-electron chi connectivity index (χ0n) is 11.5. The molecule has 0 fully saturated rings. The number of para-hydroxylation sites is 1. The van der Waals surface area contributed by atoms with Crippen molar-refractivity contribution < 1.29 is 19.6 Å². The molecule has 0 aliphatic carbocycles. The predicted octanol–water partition coefficient (Wildman–Crippen LogP) is 3.70. The number of carbonyl (C=O) groups is 1. The smallest absolute Gasteiger partial charge is 0.335 e. The first-order valence-electron chi connectivity index (χ1n) is 6.16. The molecule has 0 radical (unpaired) electrons. The molecule has 0 saturated heterocycles. The van der Waals surface area contributed by atoms with Crippen LogP contribution < -0.4 is 4.74 Å². The molecular weight excluding hydrogens is 274 g/mol. The van der Waals surface area contributed by atoms with Gasteiger partial charge in [-0.05, 0) is 37.6 Å². The number of nitro benzene ring substituents is 1. The Balaban J connectivity index is 2.48. The first kappa shape index (κ1) is 14.5. The first-order valence-corrected chi connectivity index (χ1v) is 6.16. The van der Waals surface area contributed by atoms with E-state index in [4.69, 9.17) is 9.84 Å². The van der Waals surface area contributed by atoms with E-state index in [0.29, 0.717) is 11.1 Å². The van der Waals surface area contributed by atoms with E-state index in [1.54, 1.807) is 32.0 Å². The van der Waals surface area contributed by atoms with Gasteiger partial charge in [0, 0.05) is 5.56 Å². The molecule has 0 heterocycles. The van der Waals surface area contributed by atoms with Crippen LogP contribution >= 0.6 is 0 Å². The third-order valence-corrected chi connectivity index (χ3v) is 3.04. The zero-order chi connectivity index (χ0) is 15.6. The van der Waals surface area contributed by atoms with Gasteiger partial charge in [0.25, 0.3) is 0 Å². The van der Waals surface area contributed by atoms with Crippen LogP contribution in [-0.4, -0.2) is 16.0 Å². The number of hydrogen-bond donors (Lipinski definition) is 1. The molecule has 2 aromatic carbocycles. The van der Waals surface area contributed by atoms with Crippen LogP contribution in [0.15, 0.2) is 36.4 Å². The van der Waals surface area contributed by atoms with E-state index in [2.05, 4.69) is 0 Å². The minimum absolute atomic E-state index is 0.0610. The second-order valence-electron chi connectivity index (χ2n) is 4.57. The van der Waals surface area contributed by atoms with Gasteiger partial charge in [-0.15, -0.1) is 0 Å². The second-order valence-corrected chi connectivity index (χ2v) is 4.57. The Morgan fingerprint density at radius 2 is 1.86 bits per heavy atom. The molecule has 0 bridgehead atoms. The van der Waals surface area contributed by atoms with Crippen LogP contribution in [0.1, 0.15) is 21.5 Å². The lowest BCUT2D eigenvalue weighted by Gasteiger charge is -2.10. The number of rotatable bonds is 4. The molecule has 0 atom stereocenters. The lowest BCUT2D eigenvalue weighted by molar-refractivity contribution is -0.386. The van der Waals surface area contributed by atoms with Gasteiger partial charge in [-0.2, -0.15) is 0 Å². The molecule has 2 rings (SSSR count). The van der Waals surface area contributed by atoms with Crippen molar-refractivity contribution in [3.63, 3.8) is 0 Å². The molecule has 108 valence electrons. The third-order valence-electron chi connectivity index (χ3n) is 3.04. The Kier molecular flexibility index (Phi) is 3.89. The van der Waals surface area contributed by atoms with Gasteiger partial charge < -0.3 is 9.84 Å². The standard InChI is InChI=1S/C15H13NO5/c1-9-6-7-11(15(17)18)8-13(9)21-12-5-3-4-10(2)14(12)16(19)20/h3-8H,1-2H3,(H,17,18). The maximum atomic E-state index is 11.1. The minimum Gasteiger partial charge on any atom is -0.478 e. The molecule has 0 saturated carbocycles. The SMILES string of the molecule is Cc1ccc(C(=O)O)cc1Oc1cccc(C)c1[N+](=O)[O-]. The average Bonchev–Trinajstić information content (AvgIpc) is 2.40. The molecule has 0 amide bonds. The van der Waals surface area contributed by atoms with E-state index < -0.39 is 10.9 Å². The number of nitro groups is 1. The zero-order valence-corrected chi connectivity index (χ0v) is 11.5. The Bertz CT molecular complexity index is 724. The molecule has 21 heavy (non-hydrogen) atoms. The highest BCUT2D eigenvalue weighted by Gasteiger charge is 2.19. The Morgan fingerprint density at radius 3 is 2.48 bits per heavy atom. The van der Waals surface area contributed by atoms with E-state index in [9.17, 15) is 14.9 Å². The number of aromatic carboxylic acids is 1. The van der Waals surface area contributed by atoms with E-state index in [1.165, 1.54) is 18.2 Å². The fraction of sp³-hybridized carbons (Fsp3) is 0.133. The Labute approximate surface area is 120 Å². The van der Waals surface area contributed by atoms with Crippen LogP contribution in [0.5, 0.6) is 11.5 Å². The van der Waals surface area contributed by atoms with E-state index in [-0.39, 0.29) is 22.7 Å². The van der Waals surface area contributed by atoms with Crippen LogP contribution in [0.25, 0.3) is 0 Å². The van der Waals surface area contributed by atoms with Gasteiger partial charge in [0.2, 0.25) is 5.75 Å².